The summed E-state index contributed by atoms with van der Waals surface area (Å²) in [5.41, 5.74) is 3.80. The van der Waals surface area contributed by atoms with E-state index in [1.165, 1.54) is 12.1 Å². The van der Waals surface area contributed by atoms with E-state index in [2.05, 4.69) is 6.58 Å². The minimum atomic E-state index is -4.33. The summed E-state index contributed by atoms with van der Waals surface area (Å²) in [4.78, 5) is 1.95. The molecule has 0 radical (unpaired) electrons. The third-order valence-corrected chi connectivity index (χ3v) is 3.27. The van der Waals surface area contributed by atoms with Crippen LogP contribution in [0.15, 0.2) is 54.3 Å². The number of hydrogen-bond donors (Lipinski definition) is 0. The van der Waals surface area contributed by atoms with Crippen molar-refractivity contribution >= 4 is 5.70 Å². The number of rotatable bonds is 3. The lowest BCUT2D eigenvalue weighted by atomic mass is 10.0. The van der Waals surface area contributed by atoms with Crippen LogP contribution in [0.25, 0.3) is 5.70 Å². The molecule has 1 aromatic carbocycles. The van der Waals surface area contributed by atoms with Gasteiger partial charge in [0.1, 0.15) is 5.75 Å². The number of alkyl halides is 3. The number of benzene rings is 1. The average Bonchev–Trinajstić information content (AvgIpc) is 2.43. The molecule has 1 aliphatic heterocycles. The van der Waals surface area contributed by atoms with Crippen molar-refractivity contribution in [2.24, 2.45) is 0 Å². The number of likely N-dealkylation sites (N-methyl/N-ethyl adjacent to an activating group) is 1. The summed E-state index contributed by atoms with van der Waals surface area (Å²) in [7, 11) is 1.90. The van der Waals surface area contributed by atoms with Crippen LogP contribution in [-0.4, -0.2) is 24.7 Å². The predicted molar refractivity (Wildman–Crippen MR) is 76.6 cm³/mol. The van der Waals surface area contributed by atoms with Crippen LogP contribution in [0.2, 0.25) is 0 Å². The van der Waals surface area contributed by atoms with Gasteiger partial charge in [-0.15, -0.1) is 0 Å². The molecule has 1 aliphatic rings. The van der Waals surface area contributed by atoms with Gasteiger partial charge in [0.2, 0.25) is 0 Å². The number of ether oxygens (including phenoxy) is 1. The first kappa shape index (κ1) is 15.2. The SMILES string of the molecule is C=C1C(C)=CC=C(c2ccc(OCC(F)(F)F)cc2)N1C. The highest BCUT2D eigenvalue weighted by Gasteiger charge is 2.28. The molecule has 0 saturated carbocycles. The molecule has 21 heavy (non-hydrogen) atoms. The van der Waals surface area contributed by atoms with E-state index in [1.807, 2.05) is 31.0 Å². The van der Waals surface area contributed by atoms with Crippen molar-refractivity contribution in [1.29, 1.82) is 0 Å². The molecule has 2 nitrogen and oxygen atoms in total. The van der Waals surface area contributed by atoms with Crippen LogP contribution in [-0.2, 0) is 0 Å². The molecule has 5 heteroatoms. The highest BCUT2D eigenvalue weighted by Crippen LogP contribution is 2.30. The van der Waals surface area contributed by atoms with Gasteiger partial charge in [0, 0.05) is 18.4 Å². The third kappa shape index (κ3) is 3.68. The monoisotopic (exact) mass is 295 g/mol. The number of hydrogen-bond acceptors (Lipinski definition) is 2. The molecule has 112 valence electrons. The smallest absolute Gasteiger partial charge is 0.422 e. The van der Waals surface area contributed by atoms with Crippen LogP contribution < -0.4 is 4.74 Å². The topological polar surface area (TPSA) is 12.5 Å². The second-order valence-electron chi connectivity index (χ2n) is 4.84. The lowest BCUT2D eigenvalue weighted by Gasteiger charge is -2.28. The van der Waals surface area contributed by atoms with Crippen molar-refractivity contribution in [2.75, 3.05) is 13.7 Å². The summed E-state index contributed by atoms with van der Waals surface area (Å²) < 4.78 is 40.9. The van der Waals surface area contributed by atoms with Crippen molar-refractivity contribution in [3.05, 3.63) is 59.8 Å². The van der Waals surface area contributed by atoms with Crippen molar-refractivity contribution in [1.82, 2.24) is 4.90 Å². The molecule has 0 aromatic heterocycles. The summed E-state index contributed by atoms with van der Waals surface area (Å²) in [6.07, 6.45) is -0.411. The van der Waals surface area contributed by atoms with E-state index in [0.717, 1.165) is 22.5 Å². The van der Waals surface area contributed by atoms with Gasteiger partial charge in [-0.25, -0.2) is 0 Å². The quantitative estimate of drug-likeness (QED) is 0.821. The van der Waals surface area contributed by atoms with Crippen LogP contribution >= 0.6 is 0 Å². The van der Waals surface area contributed by atoms with E-state index < -0.39 is 12.8 Å². The highest BCUT2D eigenvalue weighted by molar-refractivity contribution is 5.70. The van der Waals surface area contributed by atoms with E-state index in [9.17, 15) is 13.2 Å². The van der Waals surface area contributed by atoms with Crippen molar-refractivity contribution < 1.29 is 17.9 Å². The Morgan fingerprint density at radius 2 is 1.76 bits per heavy atom. The zero-order valence-corrected chi connectivity index (χ0v) is 11.9. The predicted octanol–water partition coefficient (Wildman–Crippen LogP) is 4.37. The van der Waals surface area contributed by atoms with Crippen LogP contribution in [0.4, 0.5) is 13.2 Å². The Morgan fingerprint density at radius 3 is 2.33 bits per heavy atom. The van der Waals surface area contributed by atoms with Crippen molar-refractivity contribution in [3.8, 4) is 5.75 Å². The van der Waals surface area contributed by atoms with Gasteiger partial charge >= 0.3 is 6.18 Å². The molecule has 1 heterocycles. The zero-order chi connectivity index (χ0) is 15.6. The van der Waals surface area contributed by atoms with E-state index in [1.54, 1.807) is 12.1 Å². The summed E-state index contributed by atoms with van der Waals surface area (Å²) in [6.45, 7) is 4.68. The van der Waals surface area contributed by atoms with Gasteiger partial charge in [0.15, 0.2) is 6.61 Å². The molecular weight excluding hydrogens is 279 g/mol. The molecule has 0 atom stereocenters. The zero-order valence-electron chi connectivity index (χ0n) is 11.9. The van der Waals surface area contributed by atoms with Crippen LogP contribution in [0.1, 0.15) is 12.5 Å². The number of nitrogens with zero attached hydrogens (tertiary/aromatic N) is 1. The lowest BCUT2D eigenvalue weighted by molar-refractivity contribution is -0.153. The maximum atomic E-state index is 12.1. The van der Waals surface area contributed by atoms with E-state index in [0.29, 0.717) is 0 Å². The number of halogens is 3. The van der Waals surface area contributed by atoms with E-state index in [-0.39, 0.29) is 5.75 Å². The van der Waals surface area contributed by atoms with E-state index in [4.69, 9.17) is 4.74 Å². The third-order valence-electron chi connectivity index (χ3n) is 3.27. The Labute approximate surface area is 121 Å². The fraction of sp³-hybridized carbons (Fsp3) is 0.250. The molecular formula is C16H16F3NO. The van der Waals surface area contributed by atoms with Gasteiger partial charge in [-0.1, -0.05) is 12.7 Å². The normalized spacial score (nSPS) is 15.7. The van der Waals surface area contributed by atoms with Gasteiger partial charge in [-0.3, -0.25) is 0 Å². The molecule has 0 bridgehead atoms. The standard InChI is InChI=1S/C16H16F3NO/c1-11-4-9-15(20(3)12(11)2)13-5-7-14(8-6-13)21-10-16(17,18)19/h4-9H,2,10H2,1,3H3. The first-order valence-electron chi connectivity index (χ1n) is 6.39. The van der Waals surface area contributed by atoms with Crippen molar-refractivity contribution in [2.45, 2.75) is 13.1 Å². The molecule has 0 unspecified atom stereocenters. The largest absolute Gasteiger partial charge is 0.484 e. The second kappa shape index (κ2) is 5.68. The molecule has 0 spiro atoms. The molecule has 0 N–H and O–H groups in total. The minimum absolute atomic E-state index is 0.195. The highest BCUT2D eigenvalue weighted by atomic mass is 19.4. The maximum Gasteiger partial charge on any atom is 0.422 e. The second-order valence-corrected chi connectivity index (χ2v) is 4.84. The van der Waals surface area contributed by atoms with Gasteiger partial charge in [0.05, 0.1) is 0 Å². The Bertz CT molecular complexity index is 597. The Kier molecular flexibility index (Phi) is 4.11. The van der Waals surface area contributed by atoms with E-state index >= 15 is 0 Å². The Hall–Kier alpha value is -2.17. The lowest BCUT2D eigenvalue weighted by Crippen LogP contribution is -2.19. The molecule has 0 aliphatic carbocycles. The molecule has 2 rings (SSSR count). The summed E-state index contributed by atoms with van der Waals surface area (Å²) in [5, 5.41) is 0. The van der Waals surface area contributed by atoms with Gasteiger partial charge in [-0.05, 0) is 48.4 Å². The van der Waals surface area contributed by atoms with Gasteiger partial charge < -0.3 is 9.64 Å². The Morgan fingerprint density at radius 1 is 1.14 bits per heavy atom. The molecule has 1 aromatic rings. The van der Waals surface area contributed by atoms with Crippen LogP contribution in [0.5, 0.6) is 5.75 Å². The average molecular weight is 295 g/mol. The van der Waals surface area contributed by atoms with Gasteiger partial charge in [-0.2, -0.15) is 13.2 Å². The molecule has 0 fully saturated rings. The summed E-state index contributed by atoms with van der Waals surface area (Å²) >= 11 is 0. The molecule has 0 saturated heterocycles. The number of allylic oxidation sites excluding steroid dienone is 3. The van der Waals surface area contributed by atoms with Crippen molar-refractivity contribution in [3.63, 3.8) is 0 Å². The maximum absolute atomic E-state index is 12.1. The molecule has 0 amide bonds. The van der Waals surface area contributed by atoms with Crippen LogP contribution in [0.3, 0.4) is 0 Å². The fourth-order valence-electron chi connectivity index (χ4n) is 2.00. The Balaban J connectivity index is 2.14. The summed E-state index contributed by atoms with van der Waals surface area (Å²) in [5.74, 6) is 0.195. The minimum Gasteiger partial charge on any atom is -0.484 e. The van der Waals surface area contributed by atoms with Crippen LogP contribution in [0, 0.1) is 0 Å². The first-order chi connectivity index (χ1) is 9.78. The summed E-state index contributed by atoms with van der Waals surface area (Å²) in [6, 6.07) is 6.53. The fourth-order valence-corrected chi connectivity index (χ4v) is 2.00. The van der Waals surface area contributed by atoms with Gasteiger partial charge in [0.25, 0.3) is 0 Å². The first-order valence-corrected chi connectivity index (χ1v) is 6.39.